The normalized spacial score (nSPS) is 27.0. The molecule has 0 spiro atoms. The lowest BCUT2D eigenvalue weighted by Crippen LogP contribution is -2.49. The van der Waals surface area contributed by atoms with E-state index in [4.69, 9.17) is 0 Å². The average Bonchev–Trinajstić information content (AvgIpc) is 2.46. The molecular weight excluding hydrogens is 226 g/mol. The maximum atomic E-state index is 13.2. The van der Waals surface area contributed by atoms with Crippen LogP contribution in [0.1, 0.15) is 31.4 Å². The summed E-state index contributed by atoms with van der Waals surface area (Å²) in [6.07, 6.45) is 2.01. The highest BCUT2D eigenvalue weighted by molar-refractivity contribution is 6.04. The largest absolute Gasteiger partial charge is 0.359 e. The second-order valence-electron chi connectivity index (χ2n) is 5.14. The summed E-state index contributed by atoms with van der Waals surface area (Å²) in [5.74, 6) is 0. The Kier molecular flexibility index (Phi) is 4.78. The first-order valence-electron chi connectivity index (χ1n) is 6.80. The molecule has 0 saturated carbocycles. The molecule has 1 N–H and O–H groups in total. The van der Waals surface area contributed by atoms with Gasteiger partial charge in [-0.15, -0.1) is 0 Å². The molecule has 98 valence electrons. The van der Waals surface area contributed by atoms with E-state index in [0.717, 1.165) is 19.4 Å². The number of nitrogens with one attached hydrogen (secondary N) is 1. The fourth-order valence-electron chi connectivity index (χ4n) is 2.92. The molecule has 1 aromatic rings. The van der Waals surface area contributed by atoms with Crippen molar-refractivity contribution in [3.63, 3.8) is 0 Å². The van der Waals surface area contributed by atoms with Crippen molar-refractivity contribution in [2.45, 2.75) is 37.9 Å². The van der Waals surface area contributed by atoms with Gasteiger partial charge in [0, 0.05) is 18.6 Å². The molecule has 0 amide bonds. The molecule has 0 radical (unpaired) electrons. The zero-order valence-electron chi connectivity index (χ0n) is 11.3. The van der Waals surface area contributed by atoms with Gasteiger partial charge in [0.2, 0.25) is 0 Å². The van der Waals surface area contributed by atoms with E-state index in [-0.39, 0.29) is 12.7 Å². The maximum Gasteiger partial charge on any atom is 0.182 e. The van der Waals surface area contributed by atoms with Gasteiger partial charge < -0.3 is 5.23 Å². The summed E-state index contributed by atoms with van der Waals surface area (Å²) < 4.78 is 13.2. The van der Waals surface area contributed by atoms with Crippen LogP contribution in [-0.2, 0) is 0 Å². The number of nitrogens with zero attached hydrogens (tertiary/aromatic N) is 1. The van der Waals surface area contributed by atoms with Crippen LogP contribution in [0.3, 0.4) is 0 Å². The smallest absolute Gasteiger partial charge is 0.182 e. The van der Waals surface area contributed by atoms with Crippen LogP contribution < -0.4 is 5.23 Å². The minimum Gasteiger partial charge on any atom is -0.359 e. The fraction of sp³-hybridized carbons (Fsp3) is 0.571. The van der Waals surface area contributed by atoms with Gasteiger partial charge in [-0.25, -0.2) is 4.39 Å². The number of alkyl halides is 1. The van der Waals surface area contributed by atoms with Gasteiger partial charge in [0.1, 0.15) is 6.67 Å². The Morgan fingerprint density at radius 1 is 1.44 bits per heavy atom. The molecule has 1 heterocycles. The molecule has 1 aromatic carbocycles. The molecule has 3 atom stereocenters. The highest BCUT2D eigenvalue weighted by Crippen LogP contribution is 2.28. The van der Waals surface area contributed by atoms with E-state index in [2.05, 4.69) is 41.3 Å². The van der Waals surface area contributed by atoms with Gasteiger partial charge in [0.05, 0.1) is 0 Å². The van der Waals surface area contributed by atoms with Crippen LogP contribution in [0, 0.1) is 0 Å². The molecule has 0 aliphatic carbocycles. The molecule has 1 aliphatic heterocycles. The van der Waals surface area contributed by atoms with Crippen LogP contribution in [0.4, 0.5) is 4.39 Å². The Hall–Kier alpha value is -0.865. The number of halogens is 1. The SMILES string of the molecule is BN[C@H]1CCN([C@H](C)c2ccccc2)[C@H](CF)C1. The van der Waals surface area contributed by atoms with Gasteiger partial charge >= 0.3 is 0 Å². The maximum absolute atomic E-state index is 13.2. The van der Waals surface area contributed by atoms with E-state index in [1.807, 2.05) is 14.0 Å². The van der Waals surface area contributed by atoms with Gasteiger partial charge in [0.15, 0.2) is 7.98 Å². The van der Waals surface area contributed by atoms with Crippen LogP contribution in [0.15, 0.2) is 30.3 Å². The summed E-state index contributed by atoms with van der Waals surface area (Å²) in [7, 11) is 1.97. The molecule has 2 rings (SSSR count). The quantitative estimate of drug-likeness (QED) is 0.816. The van der Waals surface area contributed by atoms with E-state index in [1.165, 1.54) is 5.56 Å². The fourth-order valence-corrected chi connectivity index (χ4v) is 2.92. The third kappa shape index (κ3) is 2.93. The average molecular weight is 248 g/mol. The Labute approximate surface area is 110 Å². The third-order valence-electron chi connectivity index (χ3n) is 4.13. The second kappa shape index (κ2) is 6.35. The van der Waals surface area contributed by atoms with E-state index >= 15 is 0 Å². The van der Waals surface area contributed by atoms with Crippen LogP contribution in [0.2, 0.25) is 0 Å². The van der Waals surface area contributed by atoms with E-state index in [9.17, 15) is 4.39 Å². The standard InChI is InChI=1S/C14H22BFN2/c1-11(12-5-3-2-4-6-12)18-8-7-13(17-15)9-14(18)10-16/h2-6,11,13-14,17H,7-10,15H2,1H3/t11-,13+,14+/m1/s1. The Morgan fingerprint density at radius 3 is 2.78 bits per heavy atom. The summed E-state index contributed by atoms with van der Waals surface area (Å²) >= 11 is 0. The van der Waals surface area contributed by atoms with Crippen molar-refractivity contribution < 1.29 is 4.39 Å². The second-order valence-corrected chi connectivity index (χ2v) is 5.14. The summed E-state index contributed by atoms with van der Waals surface area (Å²) in [6, 6.07) is 11.2. The molecule has 0 bridgehead atoms. The Morgan fingerprint density at radius 2 is 2.17 bits per heavy atom. The van der Waals surface area contributed by atoms with Crippen molar-refractivity contribution in [3.05, 3.63) is 35.9 Å². The first-order chi connectivity index (χ1) is 8.76. The number of rotatable bonds is 4. The zero-order valence-corrected chi connectivity index (χ0v) is 11.3. The van der Waals surface area contributed by atoms with Crippen molar-refractivity contribution in [2.24, 2.45) is 0 Å². The van der Waals surface area contributed by atoms with Crippen molar-refractivity contribution >= 4 is 7.98 Å². The molecule has 1 aliphatic rings. The summed E-state index contributed by atoms with van der Waals surface area (Å²) in [4.78, 5) is 2.31. The van der Waals surface area contributed by atoms with E-state index in [0.29, 0.717) is 12.1 Å². The van der Waals surface area contributed by atoms with Crippen LogP contribution in [-0.4, -0.2) is 38.2 Å². The first-order valence-corrected chi connectivity index (χ1v) is 6.80. The highest BCUT2D eigenvalue weighted by Gasteiger charge is 2.30. The van der Waals surface area contributed by atoms with Crippen LogP contribution in [0.25, 0.3) is 0 Å². The number of hydrogen-bond acceptors (Lipinski definition) is 2. The third-order valence-corrected chi connectivity index (χ3v) is 4.13. The summed E-state index contributed by atoms with van der Waals surface area (Å²) in [5.41, 5.74) is 1.28. The molecular formula is C14H22BFN2. The number of hydrogen-bond donors (Lipinski definition) is 1. The predicted molar refractivity (Wildman–Crippen MR) is 76.0 cm³/mol. The predicted octanol–water partition coefficient (Wildman–Crippen LogP) is 1.69. The van der Waals surface area contributed by atoms with Gasteiger partial charge in [-0.05, 0) is 31.4 Å². The van der Waals surface area contributed by atoms with Gasteiger partial charge in [-0.1, -0.05) is 30.3 Å². The molecule has 18 heavy (non-hydrogen) atoms. The Balaban J connectivity index is 2.07. The minimum absolute atomic E-state index is 0.0476. The lowest BCUT2D eigenvalue weighted by atomic mass is 9.93. The molecule has 2 nitrogen and oxygen atoms in total. The van der Waals surface area contributed by atoms with Gasteiger partial charge in [-0.2, -0.15) is 0 Å². The van der Waals surface area contributed by atoms with Crippen molar-refractivity contribution in [1.29, 1.82) is 0 Å². The molecule has 0 unspecified atom stereocenters. The van der Waals surface area contributed by atoms with E-state index in [1.54, 1.807) is 0 Å². The van der Waals surface area contributed by atoms with E-state index < -0.39 is 0 Å². The Bertz CT molecular complexity index is 360. The lowest BCUT2D eigenvalue weighted by Gasteiger charge is -2.42. The number of piperidine rings is 1. The summed E-state index contributed by atoms with van der Waals surface area (Å²) in [6.45, 7) is 2.89. The first kappa shape index (κ1) is 13.6. The van der Waals surface area contributed by atoms with Crippen molar-refractivity contribution in [1.82, 2.24) is 10.1 Å². The topological polar surface area (TPSA) is 15.3 Å². The van der Waals surface area contributed by atoms with Crippen molar-refractivity contribution in [3.8, 4) is 0 Å². The molecule has 4 heteroatoms. The number of likely N-dealkylation sites (tertiary alicyclic amines) is 1. The molecule has 0 aromatic heterocycles. The summed E-state index contributed by atoms with van der Waals surface area (Å²) in [5, 5.41) is 3.27. The van der Waals surface area contributed by atoms with Gasteiger partial charge in [-0.3, -0.25) is 4.90 Å². The van der Waals surface area contributed by atoms with Crippen molar-refractivity contribution in [2.75, 3.05) is 13.2 Å². The minimum atomic E-state index is -0.255. The lowest BCUT2D eigenvalue weighted by molar-refractivity contribution is 0.0727. The highest BCUT2D eigenvalue weighted by atomic mass is 19.1. The van der Waals surface area contributed by atoms with Crippen LogP contribution in [0.5, 0.6) is 0 Å². The van der Waals surface area contributed by atoms with Gasteiger partial charge in [0.25, 0.3) is 0 Å². The number of benzene rings is 1. The zero-order chi connectivity index (χ0) is 13.0. The monoisotopic (exact) mass is 248 g/mol. The molecule has 1 fully saturated rings. The van der Waals surface area contributed by atoms with Crippen LogP contribution >= 0.6 is 0 Å². The molecule has 1 saturated heterocycles.